The van der Waals surface area contributed by atoms with Gasteiger partial charge in [-0.15, -0.1) is 0 Å². The van der Waals surface area contributed by atoms with Crippen LogP contribution in [0.5, 0.6) is 0 Å². The lowest BCUT2D eigenvalue weighted by molar-refractivity contribution is 0.104. The Morgan fingerprint density at radius 1 is 0.250 bits per heavy atom. The summed E-state index contributed by atoms with van der Waals surface area (Å²) in [4.78, 5) is 0. The van der Waals surface area contributed by atoms with E-state index >= 15 is 0 Å². The highest BCUT2D eigenvalue weighted by Gasteiger charge is 2.83. The maximum atomic E-state index is 10.5. The number of hydrogen-bond acceptors (Lipinski definition) is 1. The highest BCUT2D eigenvalue weighted by Crippen LogP contribution is 2.74. The predicted octanol–water partition coefficient (Wildman–Crippen LogP) is 11.9. The van der Waals surface area contributed by atoms with E-state index in [-0.39, 0.29) is 0 Å². The van der Waals surface area contributed by atoms with Crippen LogP contribution in [0.2, 0.25) is 0 Å². The molecule has 1 atom stereocenters. The first-order chi connectivity index (χ1) is 13.2. The molecule has 22 heteroatoms. The Morgan fingerprint density at radius 2 is 0.438 bits per heavy atom. The van der Waals surface area contributed by atoms with E-state index in [4.69, 9.17) is 244 Å². The van der Waals surface area contributed by atoms with E-state index in [2.05, 4.69) is 0 Å². The normalized spacial score (nSPS) is 18.6. The number of alkyl halides is 21. The zero-order valence-corrected chi connectivity index (χ0v) is 29.3. The standard InChI is InChI=1S/C10HCl21O/c11-1(12,3(15,16)5(19,20)7(23,24)9(26,27)28)2(13,14)4(17,18)6(21,22)8(25,32)10(29,30)31/h32H. The van der Waals surface area contributed by atoms with Gasteiger partial charge in [0.05, 0.1) is 0 Å². The lowest BCUT2D eigenvalue weighted by atomic mass is 10.0. The Morgan fingerprint density at radius 3 is 0.625 bits per heavy atom. The average Bonchev–Trinajstić information content (AvgIpc) is 2.51. The highest BCUT2D eigenvalue weighted by molar-refractivity contribution is 6.83. The SMILES string of the molecule is OC(Cl)(C(Cl)(Cl)Cl)C(Cl)(Cl)C(Cl)(Cl)C(Cl)(Cl)C(Cl)(Cl)C(Cl)(Cl)C(Cl)(Cl)C(Cl)(Cl)C(Cl)(Cl)Cl. The first kappa shape index (κ1) is 38.0. The summed E-state index contributed by atoms with van der Waals surface area (Å²) in [5, 5.41) is 7.11. The Bertz CT molecular complexity index is 632. The van der Waals surface area contributed by atoms with Crippen LogP contribution in [-0.2, 0) is 0 Å². The zero-order valence-electron chi connectivity index (χ0n) is 13.4. The first-order valence-corrected chi connectivity index (χ1v) is 14.4. The van der Waals surface area contributed by atoms with E-state index in [1.807, 2.05) is 0 Å². The molecule has 0 aromatic heterocycles. The van der Waals surface area contributed by atoms with E-state index in [0.717, 1.165) is 0 Å². The predicted molar refractivity (Wildman–Crippen MR) is 152 cm³/mol. The molecule has 0 spiro atoms. The maximum absolute atomic E-state index is 10.5. The van der Waals surface area contributed by atoms with Crippen LogP contribution in [0, 0.1) is 0 Å². The molecule has 0 saturated heterocycles. The van der Waals surface area contributed by atoms with Crippen molar-refractivity contribution in [1.29, 1.82) is 0 Å². The van der Waals surface area contributed by atoms with Crippen LogP contribution in [0.25, 0.3) is 0 Å². The van der Waals surface area contributed by atoms with Crippen LogP contribution in [0.3, 0.4) is 0 Å². The fraction of sp³-hybridized carbons (Fsp3) is 1.00. The van der Waals surface area contributed by atoms with Crippen LogP contribution in [0.1, 0.15) is 0 Å². The van der Waals surface area contributed by atoms with Crippen molar-refractivity contribution in [2.45, 2.75) is 43.0 Å². The van der Waals surface area contributed by atoms with Gasteiger partial charge < -0.3 is 5.11 Å². The Balaban J connectivity index is 7.00. The molecule has 1 N–H and O–H groups in total. The van der Waals surface area contributed by atoms with Crippen molar-refractivity contribution in [2.75, 3.05) is 0 Å². The smallest absolute Gasteiger partial charge is 0.235 e. The van der Waals surface area contributed by atoms with Crippen LogP contribution in [0.15, 0.2) is 0 Å². The molecule has 0 radical (unpaired) electrons. The van der Waals surface area contributed by atoms with E-state index in [1.54, 1.807) is 0 Å². The second kappa shape index (κ2) is 11.0. The van der Waals surface area contributed by atoms with E-state index in [9.17, 15) is 5.11 Å². The van der Waals surface area contributed by atoms with Gasteiger partial charge in [0.2, 0.25) is 21.3 Å². The fourth-order valence-corrected chi connectivity index (χ4v) is 7.86. The van der Waals surface area contributed by atoms with Gasteiger partial charge >= 0.3 is 0 Å². The topological polar surface area (TPSA) is 20.2 Å². The molecule has 0 fully saturated rings. The molecule has 32 heavy (non-hydrogen) atoms. The van der Waals surface area contributed by atoms with Gasteiger partial charge in [0.15, 0.2) is 21.7 Å². The number of hydrogen-bond donors (Lipinski definition) is 1. The lowest BCUT2D eigenvalue weighted by Gasteiger charge is -2.55. The molecular formula is C10HCl21O. The minimum Gasteiger partial charge on any atom is -0.369 e. The fourth-order valence-electron chi connectivity index (χ4n) is 1.55. The third-order valence-corrected chi connectivity index (χ3v) is 17.1. The van der Waals surface area contributed by atoms with Crippen molar-refractivity contribution in [3.8, 4) is 0 Å². The molecule has 0 aromatic rings. The monoisotopic (exact) mass is 871 g/mol. The van der Waals surface area contributed by atoms with Crippen LogP contribution >= 0.6 is 244 Å². The van der Waals surface area contributed by atoms with Crippen molar-refractivity contribution in [2.24, 2.45) is 0 Å². The van der Waals surface area contributed by atoms with Gasteiger partial charge in [-0.2, -0.15) is 0 Å². The Hall–Kier alpha value is 6.05. The molecule has 0 saturated carbocycles. The largest absolute Gasteiger partial charge is 0.369 e. The molecule has 0 amide bonds. The molecule has 194 valence electrons. The lowest BCUT2D eigenvalue weighted by Crippen LogP contribution is -2.73. The Labute approximate surface area is 287 Å². The highest BCUT2D eigenvalue weighted by atomic mass is 35.6. The van der Waals surface area contributed by atoms with Crippen LogP contribution in [-0.4, -0.2) is 48.1 Å². The molecule has 1 nitrogen and oxygen atoms in total. The minimum absolute atomic E-state index is 2.70. The summed E-state index contributed by atoms with van der Waals surface area (Å²) in [5.74, 6) is 0. The van der Waals surface area contributed by atoms with Gasteiger partial charge in [-0.25, -0.2) is 0 Å². The summed E-state index contributed by atoms with van der Waals surface area (Å²) in [6, 6.07) is 0. The summed E-state index contributed by atoms with van der Waals surface area (Å²) in [7, 11) is 0. The van der Waals surface area contributed by atoms with Gasteiger partial charge in [-0.05, 0) is 0 Å². The quantitative estimate of drug-likeness (QED) is 0.253. The minimum atomic E-state index is -3.35. The van der Waals surface area contributed by atoms with Crippen molar-refractivity contribution in [3.63, 3.8) is 0 Å². The average molecular weight is 882 g/mol. The molecule has 0 aliphatic heterocycles. The summed E-state index contributed by atoms with van der Waals surface area (Å²) in [6.45, 7) is 0. The van der Waals surface area contributed by atoms with Crippen molar-refractivity contribution < 1.29 is 5.11 Å². The summed E-state index contributed by atoms with van der Waals surface area (Å²) < 4.78 is -27.8. The molecule has 0 aliphatic carbocycles. The van der Waals surface area contributed by atoms with Gasteiger partial charge in [0.1, 0.15) is 0 Å². The van der Waals surface area contributed by atoms with Gasteiger partial charge in [0.25, 0.3) is 0 Å². The second-order valence-electron chi connectivity index (χ2n) is 5.64. The molecule has 0 heterocycles. The van der Waals surface area contributed by atoms with Gasteiger partial charge in [0, 0.05) is 0 Å². The van der Waals surface area contributed by atoms with E-state index in [1.165, 1.54) is 0 Å². The molecule has 0 rings (SSSR count). The van der Waals surface area contributed by atoms with Gasteiger partial charge in [-0.1, -0.05) is 244 Å². The molecule has 0 aliphatic rings. The summed E-state index contributed by atoms with van der Waals surface area (Å²) in [6.07, 6.45) is 0. The number of halogens is 21. The zero-order chi connectivity index (χ0) is 27.0. The van der Waals surface area contributed by atoms with Crippen molar-refractivity contribution in [1.82, 2.24) is 0 Å². The Kier molecular flexibility index (Phi) is 13.1. The van der Waals surface area contributed by atoms with Crippen molar-refractivity contribution in [3.05, 3.63) is 0 Å². The third kappa shape index (κ3) is 5.84. The number of aliphatic hydroxyl groups is 1. The molecule has 0 aromatic carbocycles. The van der Waals surface area contributed by atoms with Crippen LogP contribution in [0.4, 0.5) is 0 Å². The second-order valence-corrected chi connectivity index (χ2v) is 20.0. The van der Waals surface area contributed by atoms with Crippen molar-refractivity contribution >= 4 is 244 Å². The number of rotatable bonds is 7. The maximum Gasteiger partial charge on any atom is 0.235 e. The van der Waals surface area contributed by atoms with Crippen LogP contribution < -0.4 is 0 Å². The first-order valence-electron chi connectivity index (χ1n) is 6.44. The summed E-state index contributed by atoms with van der Waals surface area (Å²) in [5.41, 5.74) is 0. The van der Waals surface area contributed by atoms with E-state index < -0.39 is 43.0 Å². The van der Waals surface area contributed by atoms with Gasteiger partial charge in [-0.3, -0.25) is 0 Å². The molecule has 1 unspecified atom stereocenters. The third-order valence-electron chi connectivity index (χ3n) is 3.51. The molecular weight excluding hydrogens is 881 g/mol. The van der Waals surface area contributed by atoms with E-state index in [0.29, 0.717) is 0 Å². The molecule has 0 bridgehead atoms. The summed E-state index contributed by atoms with van der Waals surface area (Å²) >= 11 is 126.